The molecule has 3 rings (SSSR count). The molecule has 1 N–H and O–H groups in total. The van der Waals surface area contributed by atoms with Crippen LogP contribution in [0.3, 0.4) is 0 Å². The smallest absolute Gasteiger partial charge is 0.313 e. The molecule has 1 heterocycles. The first-order chi connectivity index (χ1) is 9.25. The normalized spacial score (nSPS) is 21.3. The molecule has 98 valence electrons. The predicted octanol–water partition coefficient (Wildman–Crippen LogP) is 1.58. The molecular formula is C12H12N4O2S. The van der Waals surface area contributed by atoms with Gasteiger partial charge in [-0.05, 0) is 22.4 Å². The molecule has 1 aromatic carbocycles. The number of thioether (sulfide) groups is 1. The molecule has 0 aliphatic heterocycles. The summed E-state index contributed by atoms with van der Waals surface area (Å²) in [7, 11) is 0. The van der Waals surface area contributed by atoms with E-state index in [1.807, 2.05) is 18.2 Å². The number of carboxylic acid groups (broad SMARTS) is 1. The van der Waals surface area contributed by atoms with E-state index in [4.69, 9.17) is 5.11 Å². The van der Waals surface area contributed by atoms with Crippen LogP contribution in [0.5, 0.6) is 0 Å². The monoisotopic (exact) mass is 276 g/mol. The molecule has 0 amide bonds. The molecule has 19 heavy (non-hydrogen) atoms. The minimum atomic E-state index is -0.866. The maximum Gasteiger partial charge on any atom is 0.313 e. The molecule has 1 aliphatic carbocycles. The summed E-state index contributed by atoms with van der Waals surface area (Å²) in [5.41, 5.74) is 1.28. The van der Waals surface area contributed by atoms with Crippen LogP contribution in [0.2, 0.25) is 0 Å². The van der Waals surface area contributed by atoms with Crippen LogP contribution < -0.4 is 0 Å². The summed E-state index contributed by atoms with van der Waals surface area (Å²) >= 11 is 1.15. The fourth-order valence-corrected chi connectivity index (χ4v) is 2.78. The maximum atomic E-state index is 10.6. The lowest BCUT2D eigenvalue weighted by Crippen LogP contribution is -2.04. The topological polar surface area (TPSA) is 80.9 Å². The van der Waals surface area contributed by atoms with E-state index in [-0.39, 0.29) is 11.8 Å². The van der Waals surface area contributed by atoms with Gasteiger partial charge in [0.05, 0.1) is 11.8 Å². The van der Waals surface area contributed by atoms with Crippen molar-refractivity contribution >= 4 is 17.7 Å². The summed E-state index contributed by atoms with van der Waals surface area (Å²) in [6.07, 6.45) is 0.996. The van der Waals surface area contributed by atoms with Crippen molar-refractivity contribution in [3.8, 4) is 0 Å². The molecule has 2 atom stereocenters. The van der Waals surface area contributed by atoms with E-state index in [0.717, 1.165) is 18.2 Å². The second-order valence-corrected chi connectivity index (χ2v) is 5.35. The Bertz CT molecular complexity index is 586. The Labute approximate surface area is 113 Å². The summed E-state index contributed by atoms with van der Waals surface area (Å²) in [5, 5.41) is 20.8. The summed E-state index contributed by atoms with van der Waals surface area (Å²) < 4.78 is 1.74. The number of carbonyl (C=O) groups is 1. The third kappa shape index (κ3) is 2.60. The van der Waals surface area contributed by atoms with Gasteiger partial charge in [0.15, 0.2) is 0 Å². The van der Waals surface area contributed by atoms with Crippen molar-refractivity contribution in [2.75, 3.05) is 5.75 Å². The highest BCUT2D eigenvalue weighted by atomic mass is 32.2. The molecule has 1 aliphatic rings. The largest absolute Gasteiger partial charge is 0.481 e. The van der Waals surface area contributed by atoms with E-state index in [2.05, 4.69) is 27.7 Å². The van der Waals surface area contributed by atoms with E-state index < -0.39 is 5.97 Å². The quantitative estimate of drug-likeness (QED) is 0.835. The molecule has 2 aromatic rings. The van der Waals surface area contributed by atoms with E-state index in [0.29, 0.717) is 11.1 Å². The SMILES string of the molecule is O=C(O)CSc1nnnn1C1CC1c1ccccc1. The van der Waals surface area contributed by atoms with Crippen LogP contribution in [0, 0.1) is 0 Å². The number of rotatable bonds is 5. The zero-order valence-electron chi connectivity index (χ0n) is 10.0. The number of benzene rings is 1. The standard InChI is InChI=1S/C12H12N4O2S/c17-11(18)7-19-12-13-14-15-16(12)10-6-9(10)8-4-2-1-3-5-8/h1-5,9-10H,6-7H2,(H,17,18). The Balaban J connectivity index is 1.72. The second kappa shape index (κ2) is 5.00. The van der Waals surface area contributed by atoms with Crippen molar-refractivity contribution in [2.45, 2.75) is 23.5 Å². The van der Waals surface area contributed by atoms with Gasteiger partial charge >= 0.3 is 5.97 Å². The lowest BCUT2D eigenvalue weighted by Gasteiger charge is -2.02. The molecule has 0 radical (unpaired) electrons. The second-order valence-electron chi connectivity index (χ2n) is 4.41. The Morgan fingerprint density at radius 3 is 2.95 bits per heavy atom. The van der Waals surface area contributed by atoms with Gasteiger partial charge in [-0.2, -0.15) is 0 Å². The highest BCUT2D eigenvalue weighted by molar-refractivity contribution is 7.99. The number of hydrogen-bond donors (Lipinski definition) is 1. The molecule has 6 nitrogen and oxygen atoms in total. The fourth-order valence-electron chi connectivity index (χ4n) is 2.13. The molecule has 2 unspecified atom stereocenters. The number of aromatic nitrogens is 4. The zero-order valence-corrected chi connectivity index (χ0v) is 10.8. The van der Waals surface area contributed by atoms with Gasteiger partial charge in [-0.25, -0.2) is 4.68 Å². The van der Waals surface area contributed by atoms with Crippen LogP contribution >= 0.6 is 11.8 Å². The molecule has 7 heteroatoms. The van der Waals surface area contributed by atoms with Crippen LogP contribution in [0.1, 0.15) is 23.9 Å². The third-order valence-corrected chi connectivity index (χ3v) is 4.00. The molecule has 0 bridgehead atoms. The van der Waals surface area contributed by atoms with Gasteiger partial charge in [-0.3, -0.25) is 4.79 Å². The highest BCUT2D eigenvalue weighted by Crippen LogP contribution is 2.51. The Morgan fingerprint density at radius 2 is 2.21 bits per heavy atom. The molecule has 0 spiro atoms. The van der Waals surface area contributed by atoms with Crippen molar-refractivity contribution in [3.05, 3.63) is 35.9 Å². The maximum absolute atomic E-state index is 10.6. The Hall–Kier alpha value is -1.89. The average Bonchev–Trinajstić information content (AvgIpc) is 3.08. The number of tetrazole rings is 1. The molecule has 0 saturated heterocycles. The molecule has 1 saturated carbocycles. The van der Waals surface area contributed by atoms with Gasteiger partial charge < -0.3 is 5.11 Å². The van der Waals surface area contributed by atoms with Crippen molar-refractivity contribution in [2.24, 2.45) is 0 Å². The Kier molecular flexibility index (Phi) is 3.20. The van der Waals surface area contributed by atoms with Crippen molar-refractivity contribution < 1.29 is 9.90 Å². The summed E-state index contributed by atoms with van der Waals surface area (Å²) in [5.74, 6) is -0.466. The highest BCUT2D eigenvalue weighted by Gasteiger charge is 2.42. The van der Waals surface area contributed by atoms with Crippen LogP contribution in [-0.4, -0.2) is 37.0 Å². The number of carboxylic acids is 1. The van der Waals surface area contributed by atoms with Crippen molar-refractivity contribution in [1.29, 1.82) is 0 Å². The van der Waals surface area contributed by atoms with Gasteiger partial charge in [0.25, 0.3) is 0 Å². The zero-order chi connectivity index (χ0) is 13.2. The van der Waals surface area contributed by atoms with Gasteiger partial charge in [0, 0.05) is 5.92 Å². The van der Waals surface area contributed by atoms with Crippen LogP contribution in [0.4, 0.5) is 0 Å². The number of hydrogen-bond acceptors (Lipinski definition) is 5. The first-order valence-electron chi connectivity index (χ1n) is 5.93. The molecule has 1 fully saturated rings. The van der Waals surface area contributed by atoms with E-state index in [1.54, 1.807) is 4.68 Å². The Morgan fingerprint density at radius 1 is 1.42 bits per heavy atom. The van der Waals surface area contributed by atoms with E-state index in [1.165, 1.54) is 5.56 Å². The summed E-state index contributed by atoms with van der Waals surface area (Å²) in [6.45, 7) is 0. The lowest BCUT2D eigenvalue weighted by atomic mass is 10.1. The van der Waals surface area contributed by atoms with E-state index in [9.17, 15) is 4.79 Å². The van der Waals surface area contributed by atoms with Gasteiger partial charge in [0.2, 0.25) is 5.16 Å². The summed E-state index contributed by atoms with van der Waals surface area (Å²) in [6, 6.07) is 10.5. The van der Waals surface area contributed by atoms with Gasteiger partial charge in [0.1, 0.15) is 0 Å². The van der Waals surface area contributed by atoms with Gasteiger partial charge in [-0.1, -0.05) is 42.1 Å². The minimum Gasteiger partial charge on any atom is -0.481 e. The first kappa shape index (κ1) is 12.2. The van der Waals surface area contributed by atoms with Crippen molar-refractivity contribution in [1.82, 2.24) is 20.2 Å². The predicted molar refractivity (Wildman–Crippen MR) is 69.0 cm³/mol. The van der Waals surface area contributed by atoms with Crippen LogP contribution in [-0.2, 0) is 4.79 Å². The van der Waals surface area contributed by atoms with Crippen LogP contribution in [0.25, 0.3) is 0 Å². The van der Waals surface area contributed by atoms with E-state index >= 15 is 0 Å². The lowest BCUT2D eigenvalue weighted by molar-refractivity contribution is -0.133. The van der Waals surface area contributed by atoms with Crippen LogP contribution in [0.15, 0.2) is 35.5 Å². The minimum absolute atomic E-state index is 0.0247. The number of aliphatic carboxylic acids is 1. The third-order valence-electron chi connectivity index (χ3n) is 3.09. The fraction of sp³-hybridized carbons (Fsp3) is 0.333. The molecular weight excluding hydrogens is 264 g/mol. The first-order valence-corrected chi connectivity index (χ1v) is 6.91. The number of nitrogens with zero attached hydrogens (tertiary/aromatic N) is 4. The summed E-state index contributed by atoms with van der Waals surface area (Å²) in [4.78, 5) is 10.6. The van der Waals surface area contributed by atoms with Crippen molar-refractivity contribution in [3.63, 3.8) is 0 Å². The van der Waals surface area contributed by atoms with Gasteiger partial charge in [-0.15, -0.1) is 5.10 Å². The molecule has 1 aromatic heterocycles. The average molecular weight is 276 g/mol.